The summed E-state index contributed by atoms with van der Waals surface area (Å²) < 4.78 is 25.5. The summed E-state index contributed by atoms with van der Waals surface area (Å²) in [4.78, 5) is 29.1. The van der Waals surface area contributed by atoms with Crippen molar-refractivity contribution in [3.05, 3.63) is 74.8 Å². The van der Waals surface area contributed by atoms with Crippen LogP contribution in [0.25, 0.3) is 15.8 Å². The third kappa shape index (κ3) is 4.32. The molecule has 0 radical (unpaired) electrons. The molecule has 2 aromatic carbocycles. The Morgan fingerprint density at radius 2 is 1.91 bits per heavy atom. The quantitative estimate of drug-likeness (QED) is 0.297. The van der Waals surface area contributed by atoms with Gasteiger partial charge in [0.15, 0.2) is 15.0 Å². The molecule has 0 aliphatic rings. The molecule has 13 heteroatoms. The summed E-state index contributed by atoms with van der Waals surface area (Å²) >= 11 is 0.933. The number of nitro benzene ring substituents is 1. The Hall–Kier alpha value is -3.71. The number of benzene rings is 2. The Morgan fingerprint density at radius 3 is 2.55 bits per heavy atom. The Labute approximate surface area is 192 Å². The van der Waals surface area contributed by atoms with Crippen molar-refractivity contribution in [3.8, 4) is 5.69 Å². The SMILES string of the molecule is C[C@@H](c1cn(-c2ccccc2)nn1)N(C)c1nc(=O)c2cc(S(C)(=O)=O)cc([N+](=O)[O-])c2s1. The van der Waals surface area contributed by atoms with Gasteiger partial charge in [-0.2, -0.15) is 4.98 Å². The van der Waals surface area contributed by atoms with Crippen LogP contribution in [0.2, 0.25) is 0 Å². The van der Waals surface area contributed by atoms with Crippen molar-refractivity contribution in [2.75, 3.05) is 18.2 Å². The van der Waals surface area contributed by atoms with Crippen LogP contribution < -0.4 is 10.5 Å². The van der Waals surface area contributed by atoms with Crippen LogP contribution in [0.5, 0.6) is 0 Å². The van der Waals surface area contributed by atoms with E-state index in [0.717, 1.165) is 35.4 Å². The Bertz CT molecular complexity index is 1530. The van der Waals surface area contributed by atoms with Crippen molar-refractivity contribution in [2.45, 2.75) is 17.9 Å². The maximum absolute atomic E-state index is 12.7. The topological polar surface area (TPSA) is 141 Å². The summed E-state index contributed by atoms with van der Waals surface area (Å²) in [6.07, 6.45) is 2.67. The van der Waals surface area contributed by atoms with E-state index in [9.17, 15) is 23.3 Å². The number of non-ortho nitro benzene ring substituents is 1. The van der Waals surface area contributed by atoms with Crippen LogP contribution in [0.3, 0.4) is 0 Å². The molecule has 0 aliphatic heterocycles. The Balaban J connectivity index is 1.77. The predicted molar refractivity (Wildman–Crippen MR) is 124 cm³/mol. The Morgan fingerprint density at radius 1 is 1.21 bits per heavy atom. The molecule has 0 aliphatic carbocycles. The lowest BCUT2D eigenvalue weighted by molar-refractivity contribution is -0.383. The van der Waals surface area contributed by atoms with Gasteiger partial charge >= 0.3 is 0 Å². The van der Waals surface area contributed by atoms with Gasteiger partial charge in [0.05, 0.1) is 33.1 Å². The number of nitrogens with zero attached hydrogens (tertiary/aromatic N) is 6. The third-order valence-electron chi connectivity index (χ3n) is 5.13. The molecule has 33 heavy (non-hydrogen) atoms. The monoisotopic (exact) mass is 486 g/mol. The highest BCUT2D eigenvalue weighted by Gasteiger charge is 2.24. The summed E-state index contributed by atoms with van der Waals surface area (Å²) in [6, 6.07) is 11.1. The number of nitro groups is 1. The van der Waals surface area contributed by atoms with Crippen LogP contribution in [-0.4, -0.2) is 46.6 Å². The van der Waals surface area contributed by atoms with E-state index >= 15 is 0 Å². The lowest BCUT2D eigenvalue weighted by atomic mass is 10.2. The number of hydrogen-bond donors (Lipinski definition) is 0. The maximum atomic E-state index is 12.7. The highest BCUT2D eigenvalue weighted by Crippen LogP contribution is 2.35. The van der Waals surface area contributed by atoms with Crippen LogP contribution in [0.4, 0.5) is 10.8 Å². The molecule has 4 rings (SSSR count). The predicted octanol–water partition coefficient (Wildman–Crippen LogP) is 2.75. The number of anilines is 1. The summed E-state index contributed by atoms with van der Waals surface area (Å²) in [5, 5.41) is 20.1. The van der Waals surface area contributed by atoms with Gasteiger partial charge < -0.3 is 4.90 Å². The van der Waals surface area contributed by atoms with E-state index in [0.29, 0.717) is 5.69 Å². The van der Waals surface area contributed by atoms with Crippen LogP contribution in [0, 0.1) is 10.1 Å². The number of rotatable bonds is 6. The molecular weight excluding hydrogens is 468 g/mol. The van der Waals surface area contributed by atoms with Crippen LogP contribution in [0.15, 0.2) is 58.4 Å². The summed E-state index contributed by atoms with van der Waals surface area (Å²) in [6.45, 7) is 1.84. The van der Waals surface area contributed by atoms with Gasteiger partial charge in [0.25, 0.3) is 11.2 Å². The van der Waals surface area contributed by atoms with Crippen molar-refractivity contribution in [1.29, 1.82) is 0 Å². The first-order chi connectivity index (χ1) is 15.6. The zero-order valence-corrected chi connectivity index (χ0v) is 19.4. The van der Waals surface area contributed by atoms with E-state index in [1.54, 1.807) is 22.8 Å². The van der Waals surface area contributed by atoms with E-state index in [-0.39, 0.29) is 26.2 Å². The smallest absolute Gasteiger partial charge is 0.288 e. The number of aromatic nitrogens is 4. The van der Waals surface area contributed by atoms with Gasteiger partial charge in [-0.25, -0.2) is 13.1 Å². The molecule has 1 atom stereocenters. The largest absolute Gasteiger partial charge is 0.343 e. The first kappa shape index (κ1) is 22.5. The molecule has 0 amide bonds. The van der Waals surface area contributed by atoms with Gasteiger partial charge in [0, 0.05) is 19.4 Å². The minimum Gasteiger partial charge on any atom is -0.343 e. The average molecular weight is 487 g/mol. The lowest BCUT2D eigenvalue weighted by Crippen LogP contribution is -2.24. The molecular formula is C20H18N6O5S2. The molecule has 0 N–H and O–H groups in total. The van der Waals surface area contributed by atoms with Gasteiger partial charge in [-0.05, 0) is 25.1 Å². The first-order valence-electron chi connectivity index (χ1n) is 9.60. The fraction of sp³-hybridized carbons (Fsp3) is 0.200. The first-order valence-corrected chi connectivity index (χ1v) is 12.3. The molecule has 0 bridgehead atoms. The fourth-order valence-corrected chi connectivity index (χ4v) is 4.92. The number of para-hydroxylation sites is 1. The number of hydrogen-bond acceptors (Lipinski definition) is 10. The second-order valence-electron chi connectivity index (χ2n) is 7.36. The van der Waals surface area contributed by atoms with Gasteiger partial charge in [-0.15, -0.1) is 5.10 Å². The van der Waals surface area contributed by atoms with E-state index in [4.69, 9.17) is 0 Å². The minimum atomic E-state index is -3.76. The van der Waals surface area contributed by atoms with E-state index in [1.807, 2.05) is 37.3 Å². The van der Waals surface area contributed by atoms with E-state index < -0.39 is 26.0 Å². The molecule has 0 unspecified atom stereocenters. The molecule has 2 aromatic heterocycles. The molecule has 0 fully saturated rings. The van der Waals surface area contributed by atoms with Gasteiger partial charge in [0.1, 0.15) is 10.4 Å². The summed E-state index contributed by atoms with van der Waals surface area (Å²) in [5.41, 5.74) is 0.218. The molecule has 0 saturated carbocycles. The van der Waals surface area contributed by atoms with Crippen molar-refractivity contribution < 1.29 is 13.3 Å². The van der Waals surface area contributed by atoms with Crippen LogP contribution in [-0.2, 0) is 9.84 Å². The van der Waals surface area contributed by atoms with Gasteiger partial charge in [-0.1, -0.05) is 34.7 Å². The average Bonchev–Trinajstić information content (AvgIpc) is 3.27. The van der Waals surface area contributed by atoms with Crippen molar-refractivity contribution in [1.82, 2.24) is 20.0 Å². The maximum Gasteiger partial charge on any atom is 0.288 e. The minimum absolute atomic E-state index is 0.0504. The van der Waals surface area contributed by atoms with E-state index in [1.165, 1.54) is 0 Å². The standard InChI is InChI=1S/C20H18N6O5S2/c1-12(16-11-25(23-22-16)13-7-5-4-6-8-13)24(2)20-21-19(27)15-9-14(33(3,30)31)10-17(26(28)29)18(15)32-20/h4-12H,1-3H3/t12-/m0/s1. The normalized spacial score (nSPS) is 12.6. The molecule has 4 aromatic rings. The zero-order valence-electron chi connectivity index (χ0n) is 17.7. The second kappa shape index (κ2) is 8.33. The highest BCUT2D eigenvalue weighted by molar-refractivity contribution is 7.90. The van der Waals surface area contributed by atoms with Crippen molar-refractivity contribution in [3.63, 3.8) is 0 Å². The summed E-state index contributed by atoms with van der Waals surface area (Å²) in [5.74, 6) is 0. The molecule has 170 valence electrons. The number of fused-ring (bicyclic) bond motifs is 1. The van der Waals surface area contributed by atoms with Crippen molar-refractivity contribution >= 4 is 42.1 Å². The molecule has 0 saturated heterocycles. The van der Waals surface area contributed by atoms with Gasteiger partial charge in [-0.3, -0.25) is 14.9 Å². The molecule has 0 spiro atoms. The lowest BCUT2D eigenvalue weighted by Gasteiger charge is -2.23. The zero-order chi connectivity index (χ0) is 23.9. The summed E-state index contributed by atoms with van der Waals surface area (Å²) in [7, 11) is -2.07. The second-order valence-corrected chi connectivity index (χ2v) is 10.4. The van der Waals surface area contributed by atoms with Gasteiger partial charge in [0.2, 0.25) is 0 Å². The van der Waals surface area contributed by atoms with Crippen LogP contribution in [0.1, 0.15) is 18.7 Å². The third-order valence-corrected chi connectivity index (χ3v) is 7.42. The molecule has 2 heterocycles. The fourth-order valence-electron chi connectivity index (χ4n) is 3.15. The Kier molecular flexibility index (Phi) is 5.68. The van der Waals surface area contributed by atoms with Crippen LogP contribution >= 0.6 is 11.3 Å². The van der Waals surface area contributed by atoms with E-state index in [2.05, 4.69) is 15.3 Å². The highest BCUT2D eigenvalue weighted by atomic mass is 32.2. The van der Waals surface area contributed by atoms with Crippen molar-refractivity contribution in [2.24, 2.45) is 0 Å². The molecule has 11 nitrogen and oxygen atoms in total. The number of sulfone groups is 1.